The summed E-state index contributed by atoms with van der Waals surface area (Å²) < 4.78 is 4.77. The Labute approximate surface area is 282 Å². The van der Waals surface area contributed by atoms with Crippen molar-refractivity contribution in [1.82, 2.24) is 9.97 Å². The molecular weight excluding hydrogens is 688 g/mol. The van der Waals surface area contributed by atoms with Gasteiger partial charge in [0.2, 0.25) is 0 Å². The van der Waals surface area contributed by atoms with Crippen molar-refractivity contribution in [3.8, 4) is 0 Å². The van der Waals surface area contributed by atoms with E-state index in [2.05, 4.69) is 117 Å². The van der Waals surface area contributed by atoms with Gasteiger partial charge in [-0.1, -0.05) is 67.1 Å². The van der Waals surface area contributed by atoms with Crippen LogP contribution < -0.4 is 9.80 Å². The van der Waals surface area contributed by atoms with E-state index in [0.29, 0.717) is 6.61 Å². The summed E-state index contributed by atoms with van der Waals surface area (Å²) in [5.41, 5.74) is 12.8. The zero-order valence-corrected chi connectivity index (χ0v) is 29.8. The molecule has 0 bridgehead atoms. The van der Waals surface area contributed by atoms with E-state index in [1.54, 1.807) is 12.4 Å². The number of hydrogen-bond acceptors (Lipinski definition) is 5. The number of aryl methyl sites for hydroxylation is 6. The first-order valence-electron chi connectivity index (χ1n) is 14.6. The smallest absolute Gasteiger partial charge is 0.0964 e. The van der Waals surface area contributed by atoms with Crippen molar-refractivity contribution in [2.24, 2.45) is 0 Å². The van der Waals surface area contributed by atoms with E-state index in [0.717, 1.165) is 34.9 Å². The van der Waals surface area contributed by atoms with E-state index in [1.165, 1.54) is 49.6 Å². The van der Waals surface area contributed by atoms with Crippen LogP contribution in [0.4, 0.5) is 11.4 Å². The van der Waals surface area contributed by atoms with Crippen LogP contribution in [0.2, 0.25) is 0 Å². The zero-order valence-electron chi connectivity index (χ0n) is 26.5. The monoisotopic (exact) mass is 733 g/mol. The first kappa shape index (κ1) is 36.6. The van der Waals surface area contributed by atoms with Crippen molar-refractivity contribution < 1.29 is 18.3 Å². The second-order valence-corrected chi connectivity index (χ2v) is 16.6. The van der Waals surface area contributed by atoms with Crippen LogP contribution in [0, 0.1) is 48.2 Å². The number of ether oxygens (including phenoxy) is 1. The van der Waals surface area contributed by atoms with Gasteiger partial charge in [-0.3, -0.25) is 9.97 Å². The first-order chi connectivity index (χ1) is 21.1. The maximum absolute atomic E-state index is 5.38. The van der Waals surface area contributed by atoms with Gasteiger partial charge in [0.15, 0.2) is 0 Å². The van der Waals surface area contributed by atoms with E-state index in [1.807, 2.05) is 19.1 Å². The molecule has 1 aliphatic rings. The SMILES string of the molecule is C.CCO[CH]=[Ru]([Cl])[Cl].Cc1cc(C)c(N2[CH-]N(c3c(C)cc(C)cc3C)CC2)c(C)c1.c1cnc2c(c1)ccc1cccnc12. The van der Waals surface area contributed by atoms with E-state index >= 15 is 0 Å². The minimum absolute atomic E-state index is 0. The Bertz CT molecular complexity index is 1610. The number of benzene rings is 3. The van der Waals surface area contributed by atoms with E-state index in [9.17, 15) is 0 Å². The van der Waals surface area contributed by atoms with Gasteiger partial charge in [0.05, 0.1) is 11.0 Å². The summed E-state index contributed by atoms with van der Waals surface area (Å²) in [7, 11) is 10.8. The standard InChI is InChI=1S/C21H27N2.C12H8N2.C3H6O.CH4.2ClH.Ru/c1-14-9-16(3)20(17(4)10-14)22-7-8-23(13-22)21-18(5)11-15(2)12-19(21)6;1-3-9-5-6-10-4-2-8-14-12(10)11(9)13-7-1;1-3-4-2;;;;/h9-13H,7-8H2,1-6H3;1-8H;2H,3H2,1H3;1H4;2*1H;/q-1;;;;;;+2/p-2. The van der Waals surface area contributed by atoms with E-state index in [4.69, 9.17) is 24.1 Å². The van der Waals surface area contributed by atoms with Gasteiger partial charge in [0.1, 0.15) is 0 Å². The van der Waals surface area contributed by atoms with Gasteiger partial charge in [-0.15, -0.1) is 0 Å². The van der Waals surface area contributed by atoms with Crippen LogP contribution in [0.3, 0.4) is 0 Å². The number of rotatable bonds is 4. The Morgan fingerprint density at radius 1 is 0.733 bits per heavy atom. The summed E-state index contributed by atoms with van der Waals surface area (Å²) in [6.45, 7) is 20.1. The van der Waals surface area contributed by atoms with E-state index < -0.39 is 13.5 Å². The normalized spacial score (nSPS) is 12.6. The summed E-state index contributed by atoms with van der Waals surface area (Å²) >= 11 is -1.63. The third-order valence-electron chi connectivity index (χ3n) is 7.34. The molecule has 5 nitrogen and oxygen atoms in total. The maximum atomic E-state index is 5.38. The fourth-order valence-corrected chi connectivity index (χ4v) is 6.91. The number of nitrogens with zero attached hydrogens (tertiary/aromatic N) is 4. The fraction of sp³-hybridized carbons (Fsp3) is 0.297. The Balaban J connectivity index is 0.000000213. The molecule has 0 spiro atoms. The molecule has 0 aliphatic carbocycles. The molecule has 8 heteroatoms. The molecule has 3 heterocycles. The Hall–Kier alpha value is -2.89. The molecule has 0 saturated carbocycles. The Morgan fingerprint density at radius 2 is 1.13 bits per heavy atom. The minimum Gasteiger partial charge on any atom is -0.502 e. The molecule has 0 N–H and O–H groups in total. The van der Waals surface area contributed by atoms with Crippen molar-refractivity contribution in [3.05, 3.63) is 113 Å². The van der Waals surface area contributed by atoms with Gasteiger partial charge in [0, 0.05) is 47.6 Å². The van der Waals surface area contributed by atoms with Gasteiger partial charge in [-0.05, 0) is 75.9 Å². The Morgan fingerprint density at radius 3 is 1.47 bits per heavy atom. The average Bonchev–Trinajstić information content (AvgIpc) is 3.44. The second kappa shape index (κ2) is 17.1. The molecule has 1 aliphatic heterocycles. The van der Waals surface area contributed by atoms with Crippen LogP contribution in [0.25, 0.3) is 21.8 Å². The summed E-state index contributed by atoms with van der Waals surface area (Å²) in [5.74, 6) is 0. The third kappa shape index (κ3) is 9.56. The van der Waals surface area contributed by atoms with Crippen LogP contribution in [-0.4, -0.2) is 34.5 Å². The van der Waals surface area contributed by atoms with Gasteiger partial charge in [-0.25, -0.2) is 0 Å². The predicted octanol–water partition coefficient (Wildman–Crippen LogP) is 10.1. The molecule has 0 unspecified atom stereocenters. The van der Waals surface area contributed by atoms with Crippen LogP contribution in [0.5, 0.6) is 0 Å². The summed E-state index contributed by atoms with van der Waals surface area (Å²) in [6, 6.07) is 21.3. The van der Waals surface area contributed by atoms with Crippen molar-refractivity contribution in [3.63, 3.8) is 0 Å². The molecule has 3 aromatic carbocycles. The van der Waals surface area contributed by atoms with Crippen molar-refractivity contribution in [2.75, 3.05) is 29.5 Å². The van der Waals surface area contributed by atoms with Crippen LogP contribution >= 0.6 is 19.4 Å². The molecule has 242 valence electrons. The fourth-order valence-electron chi connectivity index (χ4n) is 5.87. The molecule has 0 amide bonds. The molecule has 45 heavy (non-hydrogen) atoms. The van der Waals surface area contributed by atoms with Crippen molar-refractivity contribution >= 4 is 57.4 Å². The zero-order chi connectivity index (χ0) is 31.8. The van der Waals surface area contributed by atoms with Crippen molar-refractivity contribution in [2.45, 2.75) is 55.9 Å². The molecule has 0 radical (unpaired) electrons. The first-order valence-corrected chi connectivity index (χ1v) is 20.1. The third-order valence-corrected chi connectivity index (χ3v) is 8.68. The number of anilines is 2. The summed E-state index contributed by atoms with van der Waals surface area (Å²) in [6.07, 6.45) is 3.60. The molecular formula is C37H45Cl2N4ORu-. The maximum Gasteiger partial charge on any atom is 0.0964 e. The van der Waals surface area contributed by atoms with Crippen LogP contribution in [0.15, 0.2) is 73.1 Å². The molecule has 6 rings (SSSR count). The van der Waals surface area contributed by atoms with Crippen LogP contribution in [0.1, 0.15) is 47.7 Å². The van der Waals surface area contributed by atoms with Gasteiger partial charge < -0.3 is 9.80 Å². The number of aromatic nitrogens is 2. The average molecular weight is 734 g/mol. The minimum atomic E-state index is -1.63. The second-order valence-electron chi connectivity index (χ2n) is 11.0. The van der Waals surface area contributed by atoms with Gasteiger partial charge in [-0.2, -0.15) is 6.67 Å². The van der Waals surface area contributed by atoms with Crippen LogP contribution in [-0.2, 0) is 18.3 Å². The molecule has 1 saturated heterocycles. The molecule has 1 fully saturated rings. The number of pyridine rings is 2. The number of fused-ring (bicyclic) bond motifs is 3. The Kier molecular flexibility index (Phi) is 13.9. The van der Waals surface area contributed by atoms with Gasteiger partial charge in [0.25, 0.3) is 0 Å². The topological polar surface area (TPSA) is 41.5 Å². The largest absolute Gasteiger partial charge is 0.502 e. The molecule has 0 atom stereocenters. The summed E-state index contributed by atoms with van der Waals surface area (Å²) in [5, 5.41) is 2.28. The predicted molar refractivity (Wildman–Crippen MR) is 193 cm³/mol. The quantitative estimate of drug-likeness (QED) is 0.105. The molecule has 5 aromatic rings. The van der Waals surface area contributed by atoms with E-state index in [-0.39, 0.29) is 7.43 Å². The van der Waals surface area contributed by atoms with Gasteiger partial charge >= 0.3 is 56.0 Å². The number of halogens is 2. The summed E-state index contributed by atoms with van der Waals surface area (Å²) in [4.78, 5) is 15.0. The molecule has 2 aromatic heterocycles. The van der Waals surface area contributed by atoms with Crippen molar-refractivity contribution in [1.29, 1.82) is 0 Å². The number of hydrogen-bond donors (Lipinski definition) is 0.